The molecule has 0 fully saturated rings. The highest BCUT2D eigenvalue weighted by atomic mass is 16.5. The maximum Gasteiger partial charge on any atom is 0.170 e. The van der Waals surface area contributed by atoms with E-state index in [0.29, 0.717) is 0 Å². The molecule has 3 aromatic rings. The van der Waals surface area contributed by atoms with Crippen LogP contribution < -0.4 is 0 Å². The van der Waals surface area contributed by atoms with Crippen LogP contribution in [0.2, 0.25) is 0 Å². The smallest absolute Gasteiger partial charge is 0.170 e. The molecule has 2 aromatic heterocycles. The molecule has 0 saturated heterocycles. The minimum Gasteiger partial charge on any atom is -0.356 e. The highest BCUT2D eigenvalue weighted by Crippen LogP contribution is 2.21. The number of aromatic nitrogens is 2. The van der Waals surface area contributed by atoms with Gasteiger partial charge in [0.25, 0.3) is 0 Å². The van der Waals surface area contributed by atoms with Gasteiger partial charge < -0.3 is 9.05 Å². The normalized spacial score (nSPS) is 11.3. The summed E-state index contributed by atoms with van der Waals surface area (Å²) in [7, 11) is 0. The molecule has 4 nitrogen and oxygen atoms in total. The van der Waals surface area contributed by atoms with Crippen LogP contribution in [-0.4, -0.2) is 10.3 Å². The van der Waals surface area contributed by atoms with Crippen LogP contribution in [0.4, 0.5) is 0 Å². The first kappa shape index (κ1) is 5.77. The standard InChI is InChI=1S/C8H4N2O2/c1-5-3-9-11-7(5)2-8-6(1)4-10-12-8/h1-4H. The molecule has 0 aliphatic rings. The lowest BCUT2D eigenvalue weighted by atomic mass is 10.2. The molecule has 0 unspecified atom stereocenters. The van der Waals surface area contributed by atoms with Crippen LogP contribution in [0.25, 0.3) is 21.9 Å². The molecule has 0 radical (unpaired) electrons. The van der Waals surface area contributed by atoms with E-state index in [2.05, 4.69) is 10.3 Å². The van der Waals surface area contributed by atoms with Crippen molar-refractivity contribution >= 4 is 21.9 Å². The van der Waals surface area contributed by atoms with Gasteiger partial charge in [0.05, 0.1) is 12.4 Å². The Balaban J connectivity index is 2.62. The zero-order chi connectivity index (χ0) is 7.97. The van der Waals surface area contributed by atoms with Gasteiger partial charge in [0, 0.05) is 16.8 Å². The van der Waals surface area contributed by atoms with Crippen LogP contribution in [0.5, 0.6) is 0 Å². The van der Waals surface area contributed by atoms with Crippen molar-refractivity contribution in [2.45, 2.75) is 0 Å². The molecule has 3 rings (SSSR count). The van der Waals surface area contributed by atoms with Gasteiger partial charge in [-0.2, -0.15) is 0 Å². The number of nitrogens with zero attached hydrogens (tertiary/aromatic N) is 2. The molecule has 0 bridgehead atoms. The van der Waals surface area contributed by atoms with Gasteiger partial charge >= 0.3 is 0 Å². The van der Waals surface area contributed by atoms with E-state index in [4.69, 9.17) is 9.05 Å². The van der Waals surface area contributed by atoms with Crippen molar-refractivity contribution in [3.63, 3.8) is 0 Å². The lowest BCUT2D eigenvalue weighted by Gasteiger charge is -1.84. The average molecular weight is 160 g/mol. The van der Waals surface area contributed by atoms with Crippen LogP contribution in [0.1, 0.15) is 0 Å². The van der Waals surface area contributed by atoms with Crippen molar-refractivity contribution in [1.29, 1.82) is 0 Å². The number of rotatable bonds is 0. The lowest BCUT2D eigenvalue weighted by molar-refractivity contribution is 0.448. The van der Waals surface area contributed by atoms with Gasteiger partial charge in [-0.05, 0) is 6.07 Å². The molecule has 0 aliphatic heterocycles. The fraction of sp³-hybridized carbons (Fsp3) is 0. The molecule has 12 heavy (non-hydrogen) atoms. The summed E-state index contributed by atoms with van der Waals surface area (Å²) in [5.41, 5.74) is 1.44. The van der Waals surface area contributed by atoms with Crippen LogP contribution in [-0.2, 0) is 0 Å². The Morgan fingerprint density at radius 3 is 2.00 bits per heavy atom. The molecule has 2 heterocycles. The first-order chi connectivity index (χ1) is 5.93. The van der Waals surface area contributed by atoms with Crippen LogP contribution in [0.15, 0.2) is 33.6 Å². The fourth-order valence-electron chi connectivity index (χ4n) is 1.24. The van der Waals surface area contributed by atoms with Crippen LogP contribution in [0, 0.1) is 0 Å². The van der Waals surface area contributed by atoms with Gasteiger partial charge in [0.2, 0.25) is 0 Å². The summed E-state index contributed by atoms with van der Waals surface area (Å²) in [6.07, 6.45) is 3.34. The summed E-state index contributed by atoms with van der Waals surface area (Å²) in [5, 5.41) is 9.26. The Morgan fingerprint density at radius 2 is 1.42 bits per heavy atom. The maximum atomic E-state index is 4.96. The number of hydrogen-bond acceptors (Lipinski definition) is 4. The second-order valence-corrected chi connectivity index (χ2v) is 2.58. The van der Waals surface area contributed by atoms with E-state index in [1.807, 2.05) is 6.07 Å². The SMILES string of the molecule is c1noc2cc3oncc3cc12. The molecule has 58 valence electrons. The zero-order valence-electron chi connectivity index (χ0n) is 6.02. The Labute approximate surface area is 66.7 Å². The summed E-state index contributed by atoms with van der Waals surface area (Å²) in [6, 6.07) is 3.71. The van der Waals surface area contributed by atoms with E-state index in [9.17, 15) is 0 Å². The van der Waals surface area contributed by atoms with Gasteiger partial charge in [-0.25, -0.2) is 0 Å². The van der Waals surface area contributed by atoms with Gasteiger partial charge in [0.1, 0.15) is 0 Å². The molecule has 0 atom stereocenters. The summed E-state index contributed by atoms with van der Waals surface area (Å²) in [6.45, 7) is 0. The van der Waals surface area contributed by atoms with Crippen LogP contribution in [0.3, 0.4) is 0 Å². The van der Waals surface area contributed by atoms with Gasteiger partial charge in [0.15, 0.2) is 11.2 Å². The molecular weight excluding hydrogens is 156 g/mol. The van der Waals surface area contributed by atoms with Crippen molar-refractivity contribution in [3.05, 3.63) is 24.5 Å². The van der Waals surface area contributed by atoms with E-state index in [1.54, 1.807) is 18.5 Å². The third kappa shape index (κ3) is 0.611. The summed E-state index contributed by atoms with van der Waals surface area (Å²) < 4.78 is 9.92. The van der Waals surface area contributed by atoms with Gasteiger partial charge in [-0.15, -0.1) is 0 Å². The van der Waals surface area contributed by atoms with E-state index in [1.165, 1.54) is 0 Å². The van der Waals surface area contributed by atoms with E-state index >= 15 is 0 Å². The quantitative estimate of drug-likeness (QED) is 0.504. The summed E-state index contributed by atoms with van der Waals surface area (Å²) >= 11 is 0. The highest BCUT2D eigenvalue weighted by molar-refractivity contribution is 5.91. The molecule has 0 amide bonds. The lowest BCUT2D eigenvalue weighted by Crippen LogP contribution is -1.63. The highest BCUT2D eigenvalue weighted by Gasteiger charge is 2.03. The molecule has 0 N–H and O–H groups in total. The average Bonchev–Trinajstić information content (AvgIpc) is 2.64. The van der Waals surface area contributed by atoms with Crippen molar-refractivity contribution in [1.82, 2.24) is 10.3 Å². The largest absolute Gasteiger partial charge is 0.356 e. The van der Waals surface area contributed by atoms with Gasteiger partial charge in [-0.3, -0.25) is 0 Å². The van der Waals surface area contributed by atoms with Crippen molar-refractivity contribution in [3.8, 4) is 0 Å². The Morgan fingerprint density at radius 1 is 0.833 bits per heavy atom. The number of fused-ring (bicyclic) bond motifs is 2. The molecule has 0 aliphatic carbocycles. The zero-order valence-corrected chi connectivity index (χ0v) is 6.02. The molecule has 0 saturated carbocycles. The molecule has 1 aromatic carbocycles. The monoisotopic (exact) mass is 160 g/mol. The van der Waals surface area contributed by atoms with Crippen molar-refractivity contribution < 1.29 is 9.05 Å². The van der Waals surface area contributed by atoms with E-state index in [-0.39, 0.29) is 0 Å². The van der Waals surface area contributed by atoms with Crippen LogP contribution >= 0.6 is 0 Å². The predicted molar refractivity (Wildman–Crippen MR) is 41.6 cm³/mol. The third-order valence-corrected chi connectivity index (χ3v) is 1.83. The number of hydrogen-bond donors (Lipinski definition) is 0. The Hall–Kier alpha value is -1.84. The molecular formula is C8H4N2O2. The van der Waals surface area contributed by atoms with Crippen molar-refractivity contribution in [2.24, 2.45) is 0 Å². The first-order valence-corrected chi connectivity index (χ1v) is 3.52. The van der Waals surface area contributed by atoms with E-state index < -0.39 is 0 Å². The van der Waals surface area contributed by atoms with Gasteiger partial charge in [-0.1, -0.05) is 10.3 Å². The number of benzene rings is 1. The minimum atomic E-state index is 0.722. The maximum absolute atomic E-state index is 4.96. The van der Waals surface area contributed by atoms with E-state index in [0.717, 1.165) is 21.9 Å². The third-order valence-electron chi connectivity index (χ3n) is 1.83. The fourth-order valence-corrected chi connectivity index (χ4v) is 1.24. The Kier molecular flexibility index (Phi) is 0.889. The minimum absolute atomic E-state index is 0.722. The predicted octanol–water partition coefficient (Wildman–Crippen LogP) is 1.97. The van der Waals surface area contributed by atoms with Crippen molar-refractivity contribution in [2.75, 3.05) is 0 Å². The summed E-state index contributed by atoms with van der Waals surface area (Å²) in [5.74, 6) is 0. The molecule has 4 heteroatoms. The summed E-state index contributed by atoms with van der Waals surface area (Å²) in [4.78, 5) is 0. The second kappa shape index (κ2) is 1.85. The topological polar surface area (TPSA) is 52.1 Å². The molecule has 0 spiro atoms. The first-order valence-electron chi connectivity index (χ1n) is 3.52. The Bertz CT molecular complexity index is 447. The second-order valence-electron chi connectivity index (χ2n) is 2.58.